The fourth-order valence-electron chi connectivity index (χ4n) is 2.82. The van der Waals surface area contributed by atoms with Gasteiger partial charge in [-0.2, -0.15) is 18.4 Å². The van der Waals surface area contributed by atoms with E-state index in [1.807, 2.05) is 6.07 Å². The van der Waals surface area contributed by atoms with Crippen molar-refractivity contribution in [3.8, 4) is 28.3 Å². The topological polar surface area (TPSA) is 56.6 Å². The summed E-state index contributed by atoms with van der Waals surface area (Å²) in [6.07, 6.45) is -4.41. The maximum atomic E-state index is 12.8. The van der Waals surface area contributed by atoms with Gasteiger partial charge in [0.25, 0.3) is 5.56 Å². The number of halogens is 3. The minimum Gasteiger partial charge on any atom is -0.325 e. The van der Waals surface area contributed by atoms with Crippen LogP contribution in [0.5, 0.6) is 0 Å². The standard InChI is InChI=1S/C20H13F3N2O/c1-12-10-17(18(11-24)19(26)25-12)16-5-3-2-4-15(16)13-6-8-14(9-7-13)20(21,22)23/h2-10H,1H3,(H,25,26). The molecule has 0 fully saturated rings. The number of aromatic amines is 1. The highest BCUT2D eigenvalue weighted by atomic mass is 19.4. The third-order valence-corrected chi connectivity index (χ3v) is 4.02. The Labute approximate surface area is 147 Å². The number of pyridine rings is 1. The third kappa shape index (κ3) is 3.24. The van der Waals surface area contributed by atoms with Gasteiger partial charge in [0.1, 0.15) is 11.6 Å². The van der Waals surface area contributed by atoms with Gasteiger partial charge in [-0.15, -0.1) is 0 Å². The van der Waals surface area contributed by atoms with Crippen LogP contribution in [0.15, 0.2) is 59.4 Å². The molecule has 3 rings (SSSR count). The predicted molar refractivity (Wildman–Crippen MR) is 92.4 cm³/mol. The van der Waals surface area contributed by atoms with Gasteiger partial charge in [0.15, 0.2) is 0 Å². The van der Waals surface area contributed by atoms with Crippen LogP contribution in [0.4, 0.5) is 13.2 Å². The number of H-pyrrole nitrogens is 1. The van der Waals surface area contributed by atoms with Crippen LogP contribution < -0.4 is 5.56 Å². The molecule has 0 spiro atoms. The lowest BCUT2D eigenvalue weighted by Crippen LogP contribution is -2.13. The first kappa shape index (κ1) is 17.5. The second-order valence-corrected chi connectivity index (χ2v) is 5.80. The molecular formula is C20H13F3N2O. The van der Waals surface area contributed by atoms with Gasteiger partial charge in [-0.05, 0) is 41.8 Å². The van der Waals surface area contributed by atoms with E-state index in [9.17, 15) is 23.2 Å². The lowest BCUT2D eigenvalue weighted by Gasteiger charge is -2.13. The van der Waals surface area contributed by atoms with Crippen molar-refractivity contribution < 1.29 is 13.2 Å². The number of nitrogens with zero attached hydrogens (tertiary/aromatic N) is 1. The molecule has 0 saturated heterocycles. The maximum Gasteiger partial charge on any atom is 0.416 e. The Bertz CT molecular complexity index is 1060. The van der Waals surface area contributed by atoms with Crippen molar-refractivity contribution in [2.45, 2.75) is 13.1 Å². The normalized spacial score (nSPS) is 11.2. The molecule has 26 heavy (non-hydrogen) atoms. The van der Waals surface area contributed by atoms with Crippen molar-refractivity contribution in [2.24, 2.45) is 0 Å². The summed E-state index contributed by atoms with van der Waals surface area (Å²) in [6.45, 7) is 1.70. The highest BCUT2D eigenvalue weighted by molar-refractivity contribution is 5.85. The second-order valence-electron chi connectivity index (χ2n) is 5.80. The lowest BCUT2D eigenvalue weighted by molar-refractivity contribution is -0.137. The van der Waals surface area contributed by atoms with Crippen LogP contribution in [-0.4, -0.2) is 4.98 Å². The van der Waals surface area contributed by atoms with Gasteiger partial charge in [-0.1, -0.05) is 36.4 Å². The monoisotopic (exact) mass is 354 g/mol. The summed E-state index contributed by atoms with van der Waals surface area (Å²) < 4.78 is 38.3. The number of rotatable bonds is 2. The Balaban J connectivity index is 2.20. The lowest BCUT2D eigenvalue weighted by atomic mass is 9.92. The number of benzene rings is 2. The van der Waals surface area contributed by atoms with E-state index in [0.717, 1.165) is 12.1 Å². The van der Waals surface area contributed by atoms with Crippen molar-refractivity contribution in [2.75, 3.05) is 0 Å². The third-order valence-electron chi connectivity index (χ3n) is 4.02. The van der Waals surface area contributed by atoms with E-state index in [2.05, 4.69) is 4.98 Å². The zero-order chi connectivity index (χ0) is 18.9. The van der Waals surface area contributed by atoms with E-state index in [0.29, 0.717) is 27.9 Å². The Morgan fingerprint density at radius 2 is 1.58 bits per heavy atom. The first-order valence-electron chi connectivity index (χ1n) is 7.72. The average molecular weight is 354 g/mol. The van der Waals surface area contributed by atoms with Crippen LogP contribution in [-0.2, 0) is 6.18 Å². The molecule has 130 valence electrons. The van der Waals surface area contributed by atoms with Crippen LogP contribution in [0.25, 0.3) is 22.3 Å². The fraction of sp³-hybridized carbons (Fsp3) is 0.100. The van der Waals surface area contributed by atoms with E-state index in [1.54, 1.807) is 37.3 Å². The highest BCUT2D eigenvalue weighted by Crippen LogP contribution is 2.35. The van der Waals surface area contributed by atoms with E-state index in [4.69, 9.17) is 0 Å². The van der Waals surface area contributed by atoms with Crippen LogP contribution in [0.3, 0.4) is 0 Å². The Morgan fingerprint density at radius 1 is 0.962 bits per heavy atom. The van der Waals surface area contributed by atoms with Crippen LogP contribution in [0, 0.1) is 18.3 Å². The van der Waals surface area contributed by atoms with Gasteiger partial charge in [0.05, 0.1) is 5.56 Å². The van der Waals surface area contributed by atoms with Crippen LogP contribution >= 0.6 is 0 Å². The van der Waals surface area contributed by atoms with Gasteiger partial charge in [-0.3, -0.25) is 4.79 Å². The highest BCUT2D eigenvalue weighted by Gasteiger charge is 2.30. The van der Waals surface area contributed by atoms with E-state index >= 15 is 0 Å². The number of nitrogens with one attached hydrogen (secondary N) is 1. The first-order chi connectivity index (χ1) is 12.3. The summed E-state index contributed by atoms with van der Waals surface area (Å²) in [5.41, 5.74) is 1.59. The van der Waals surface area contributed by atoms with Gasteiger partial charge in [0, 0.05) is 11.3 Å². The molecule has 1 N–H and O–H groups in total. The minimum atomic E-state index is -4.41. The zero-order valence-corrected chi connectivity index (χ0v) is 13.7. The quantitative estimate of drug-likeness (QED) is 0.711. The van der Waals surface area contributed by atoms with Crippen molar-refractivity contribution in [3.63, 3.8) is 0 Å². The largest absolute Gasteiger partial charge is 0.416 e. The van der Waals surface area contributed by atoms with E-state index in [-0.39, 0.29) is 5.56 Å². The summed E-state index contributed by atoms with van der Waals surface area (Å²) >= 11 is 0. The summed E-state index contributed by atoms with van der Waals surface area (Å²) in [7, 11) is 0. The molecule has 3 aromatic rings. The average Bonchev–Trinajstić information content (AvgIpc) is 2.60. The molecule has 2 aromatic carbocycles. The summed E-state index contributed by atoms with van der Waals surface area (Å²) in [4.78, 5) is 14.6. The van der Waals surface area contributed by atoms with Gasteiger partial charge in [0.2, 0.25) is 0 Å². The Kier molecular flexibility index (Phi) is 4.39. The predicted octanol–water partition coefficient (Wildman–Crippen LogP) is 4.91. The molecule has 1 heterocycles. The van der Waals surface area contributed by atoms with Gasteiger partial charge in [-0.25, -0.2) is 0 Å². The molecule has 1 aromatic heterocycles. The molecule has 0 aliphatic carbocycles. The minimum absolute atomic E-state index is 0.0324. The van der Waals surface area contributed by atoms with E-state index < -0.39 is 17.3 Å². The number of nitriles is 1. The molecule has 3 nitrogen and oxygen atoms in total. The summed E-state index contributed by atoms with van der Waals surface area (Å²) in [5, 5.41) is 9.34. The van der Waals surface area contributed by atoms with E-state index in [1.165, 1.54) is 12.1 Å². The van der Waals surface area contributed by atoms with Crippen LogP contribution in [0.1, 0.15) is 16.8 Å². The number of hydrogen-bond acceptors (Lipinski definition) is 2. The smallest absolute Gasteiger partial charge is 0.325 e. The molecule has 0 bridgehead atoms. The number of aryl methyl sites for hydroxylation is 1. The molecule has 0 saturated carbocycles. The Morgan fingerprint density at radius 3 is 2.15 bits per heavy atom. The molecule has 0 aliphatic heterocycles. The Hall–Kier alpha value is -3.33. The molecule has 0 unspecified atom stereocenters. The number of aromatic nitrogens is 1. The fourth-order valence-corrected chi connectivity index (χ4v) is 2.82. The number of alkyl halides is 3. The molecule has 0 amide bonds. The van der Waals surface area contributed by atoms with Crippen molar-refractivity contribution in [1.29, 1.82) is 5.26 Å². The SMILES string of the molecule is Cc1cc(-c2ccccc2-c2ccc(C(F)(F)F)cc2)c(C#N)c(=O)[nH]1. The van der Waals surface area contributed by atoms with Crippen molar-refractivity contribution in [3.05, 3.63) is 81.8 Å². The second kappa shape index (κ2) is 6.52. The number of hydrogen-bond donors (Lipinski definition) is 1. The molecule has 0 aliphatic rings. The van der Waals surface area contributed by atoms with Crippen molar-refractivity contribution in [1.82, 2.24) is 4.98 Å². The summed E-state index contributed by atoms with van der Waals surface area (Å²) in [6, 6.07) is 15.4. The first-order valence-corrected chi connectivity index (χ1v) is 7.72. The molecule has 0 radical (unpaired) electrons. The van der Waals surface area contributed by atoms with Crippen LogP contribution in [0.2, 0.25) is 0 Å². The van der Waals surface area contributed by atoms with Gasteiger partial charge >= 0.3 is 6.18 Å². The maximum absolute atomic E-state index is 12.8. The molecular weight excluding hydrogens is 341 g/mol. The molecule has 0 atom stereocenters. The van der Waals surface area contributed by atoms with Gasteiger partial charge < -0.3 is 4.98 Å². The zero-order valence-electron chi connectivity index (χ0n) is 13.7. The summed E-state index contributed by atoms with van der Waals surface area (Å²) in [5.74, 6) is 0. The van der Waals surface area contributed by atoms with Crippen molar-refractivity contribution >= 4 is 0 Å². The molecule has 6 heteroatoms.